The molecule has 0 spiro atoms. The highest BCUT2D eigenvalue weighted by atomic mass is 16.3. The lowest BCUT2D eigenvalue weighted by molar-refractivity contribution is 0.668. The van der Waals surface area contributed by atoms with Crippen LogP contribution in [0.3, 0.4) is 0 Å². The lowest BCUT2D eigenvalue weighted by Gasteiger charge is -2.18. The molecule has 0 saturated heterocycles. The molecule has 0 unspecified atom stereocenters. The van der Waals surface area contributed by atoms with E-state index in [2.05, 4.69) is 109 Å². The van der Waals surface area contributed by atoms with E-state index in [4.69, 9.17) is 8.83 Å². The van der Waals surface area contributed by atoms with Gasteiger partial charge in [-0.25, -0.2) is 0 Å². The summed E-state index contributed by atoms with van der Waals surface area (Å²) in [4.78, 5) is 0. The molecule has 0 N–H and O–H groups in total. The fourth-order valence-corrected chi connectivity index (χ4v) is 6.67. The molecule has 9 aromatic rings. The van der Waals surface area contributed by atoms with E-state index in [1.807, 2.05) is 24.3 Å². The quantitative estimate of drug-likeness (QED) is 0.216. The molecule has 9 rings (SSSR count). The maximum absolute atomic E-state index is 6.30. The molecule has 0 bridgehead atoms. The van der Waals surface area contributed by atoms with E-state index in [1.165, 1.54) is 43.8 Å². The first-order valence-electron chi connectivity index (χ1n) is 13.6. The molecule has 186 valence electrons. The van der Waals surface area contributed by atoms with Crippen LogP contribution in [-0.2, 0) is 0 Å². The average Bonchev–Trinajstić information content (AvgIpc) is 3.58. The molecular formula is C38H22O2. The third kappa shape index (κ3) is 2.88. The lowest BCUT2D eigenvalue weighted by atomic mass is 9.84. The van der Waals surface area contributed by atoms with E-state index in [9.17, 15) is 0 Å². The fraction of sp³-hybridized carbons (Fsp3) is 0. The summed E-state index contributed by atoms with van der Waals surface area (Å²) in [6, 6.07) is 47.1. The second kappa shape index (κ2) is 8.08. The second-order valence-electron chi connectivity index (χ2n) is 10.4. The molecule has 2 nitrogen and oxygen atoms in total. The van der Waals surface area contributed by atoms with Crippen molar-refractivity contribution >= 4 is 65.4 Å². The average molecular weight is 511 g/mol. The summed E-state index contributed by atoms with van der Waals surface area (Å²) in [5.41, 5.74) is 8.48. The number of para-hydroxylation sites is 2. The summed E-state index contributed by atoms with van der Waals surface area (Å²) < 4.78 is 12.6. The predicted octanol–water partition coefficient (Wildman–Crippen LogP) is 11.1. The van der Waals surface area contributed by atoms with Gasteiger partial charge in [0.15, 0.2) is 0 Å². The number of furan rings is 2. The van der Waals surface area contributed by atoms with Crippen LogP contribution in [0.2, 0.25) is 0 Å². The van der Waals surface area contributed by atoms with Crippen molar-refractivity contribution in [2.24, 2.45) is 0 Å². The number of hydrogen-bond donors (Lipinski definition) is 0. The molecule has 0 radical (unpaired) electrons. The molecule has 0 aliphatic heterocycles. The lowest BCUT2D eigenvalue weighted by Crippen LogP contribution is -1.91. The van der Waals surface area contributed by atoms with Crippen LogP contribution in [0.1, 0.15) is 0 Å². The standard InChI is InChI=1S/C38H22O2/c1-2-12-24-23(11-1)35(29-17-9-21-33-37(29)27-15-5-7-19-31(27)39-33)25-13-3-4-14-26(25)36(24)30-18-10-22-34-38(30)28-16-6-8-20-32(28)40-34/h1-22H. The molecule has 0 atom stereocenters. The van der Waals surface area contributed by atoms with Gasteiger partial charge in [0.1, 0.15) is 22.3 Å². The van der Waals surface area contributed by atoms with Crippen LogP contribution in [0.25, 0.3) is 87.7 Å². The first-order valence-corrected chi connectivity index (χ1v) is 13.6. The van der Waals surface area contributed by atoms with Crippen LogP contribution in [-0.4, -0.2) is 0 Å². The van der Waals surface area contributed by atoms with E-state index in [1.54, 1.807) is 0 Å². The Kier molecular flexibility index (Phi) is 4.36. The highest BCUT2D eigenvalue weighted by molar-refractivity contribution is 6.28. The Morgan fingerprint density at radius 2 is 0.600 bits per heavy atom. The first kappa shape index (κ1) is 21.6. The Morgan fingerprint density at radius 3 is 1.00 bits per heavy atom. The van der Waals surface area contributed by atoms with Crippen LogP contribution >= 0.6 is 0 Å². The summed E-state index contributed by atoms with van der Waals surface area (Å²) in [5.74, 6) is 0. The second-order valence-corrected chi connectivity index (χ2v) is 10.4. The Balaban J connectivity index is 1.49. The summed E-state index contributed by atoms with van der Waals surface area (Å²) in [5, 5.41) is 9.48. The molecule has 2 heterocycles. The zero-order chi connectivity index (χ0) is 26.2. The smallest absolute Gasteiger partial charge is 0.136 e. The zero-order valence-electron chi connectivity index (χ0n) is 21.5. The number of hydrogen-bond acceptors (Lipinski definition) is 2. The minimum Gasteiger partial charge on any atom is -0.456 e. The summed E-state index contributed by atoms with van der Waals surface area (Å²) in [6.45, 7) is 0. The summed E-state index contributed by atoms with van der Waals surface area (Å²) in [6.07, 6.45) is 0. The highest BCUT2D eigenvalue weighted by Gasteiger charge is 2.22. The molecule has 0 amide bonds. The van der Waals surface area contributed by atoms with Gasteiger partial charge < -0.3 is 8.83 Å². The SMILES string of the molecule is c1ccc2c(c1)oc1cccc(-c3c4ccccc4c(-c4cccc5oc6ccccc6c45)c4ccccc34)c12. The van der Waals surface area contributed by atoms with E-state index < -0.39 is 0 Å². The molecule has 0 aliphatic carbocycles. The van der Waals surface area contributed by atoms with Gasteiger partial charge in [0.05, 0.1) is 0 Å². The van der Waals surface area contributed by atoms with E-state index in [-0.39, 0.29) is 0 Å². The molecule has 7 aromatic carbocycles. The zero-order valence-corrected chi connectivity index (χ0v) is 21.5. The molecule has 40 heavy (non-hydrogen) atoms. The third-order valence-electron chi connectivity index (χ3n) is 8.28. The van der Waals surface area contributed by atoms with Crippen molar-refractivity contribution < 1.29 is 8.83 Å². The van der Waals surface area contributed by atoms with Crippen molar-refractivity contribution in [3.63, 3.8) is 0 Å². The Labute approximate surface area is 229 Å². The Bertz CT molecular complexity index is 2210. The number of fused-ring (bicyclic) bond motifs is 8. The normalized spacial score (nSPS) is 12.0. The van der Waals surface area contributed by atoms with Crippen LogP contribution in [0.15, 0.2) is 142 Å². The van der Waals surface area contributed by atoms with Crippen molar-refractivity contribution in [1.82, 2.24) is 0 Å². The van der Waals surface area contributed by atoms with Gasteiger partial charge in [-0.2, -0.15) is 0 Å². The largest absolute Gasteiger partial charge is 0.456 e. The molecule has 0 fully saturated rings. The maximum Gasteiger partial charge on any atom is 0.136 e. The van der Waals surface area contributed by atoms with Crippen molar-refractivity contribution in [3.05, 3.63) is 133 Å². The number of rotatable bonds is 2. The van der Waals surface area contributed by atoms with Gasteiger partial charge in [0.2, 0.25) is 0 Å². The van der Waals surface area contributed by atoms with E-state index in [0.717, 1.165) is 43.9 Å². The van der Waals surface area contributed by atoms with Crippen LogP contribution < -0.4 is 0 Å². The third-order valence-corrected chi connectivity index (χ3v) is 8.28. The van der Waals surface area contributed by atoms with Crippen molar-refractivity contribution in [3.8, 4) is 22.3 Å². The Hall–Kier alpha value is -5.34. The van der Waals surface area contributed by atoms with E-state index >= 15 is 0 Å². The molecule has 2 aromatic heterocycles. The van der Waals surface area contributed by atoms with Crippen molar-refractivity contribution in [2.75, 3.05) is 0 Å². The number of benzene rings is 7. The monoisotopic (exact) mass is 510 g/mol. The topological polar surface area (TPSA) is 26.3 Å². The molecular weight excluding hydrogens is 488 g/mol. The summed E-state index contributed by atoms with van der Waals surface area (Å²) >= 11 is 0. The maximum atomic E-state index is 6.30. The Morgan fingerprint density at radius 1 is 0.275 bits per heavy atom. The van der Waals surface area contributed by atoms with Crippen molar-refractivity contribution in [1.29, 1.82) is 0 Å². The molecule has 0 aliphatic rings. The van der Waals surface area contributed by atoms with Crippen LogP contribution in [0, 0.1) is 0 Å². The van der Waals surface area contributed by atoms with Gasteiger partial charge in [-0.05, 0) is 68.1 Å². The summed E-state index contributed by atoms with van der Waals surface area (Å²) in [7, 11) is 0. The minimum absolute atomic E-state index is 0.908. The van der Waals surface area contributed by atoms with Gasteiger partial charge >= 0.3 is 0 Å². The van der Waals surface area contributed by atoms with Gasteiger partial charge in [-0.3, -0.25) is 0 Å². The highest BCUT2D eigenvalue weighted by Crippen LogP contribution is 2.48. The minimum atomic E-state index is 0.908. The first-order chi connectivity index (χ1) is 19.9. The molecule has 0 saturated carbocycles. The van der Waals surface area contributed by atoms with Crippen LogP contribution in [0.5, 0.6) is 0 Å². The van der Waals surface area contributed by atoms with E-state index in [0.29, 0.717) is 0 Å². The van der Waals surface area contributed by atoms with Crippen molar-refractivity contribution in [2.45, 2.75) is 0 Å². The molecule has 2 heteroatoms. The van der Waals surface area contributed by atoms with Gasteiger partial charge in [0.25, 0.3) is 0 Å². The fourth-order valence-electron chi connectivity index (χ4n) is 6.67. The van der Waals surface area contributed by atoms with Crippen LogP contribution in [0.4, 0.5) is 0 Å². The van der Waals surface area contributed by atoms with Gasteiger partial charge in [-0.15, -0.1) is 0 Å². The van der Waals surface area contributed by atoms with Gasteiger partial charge in [-0.1, -0.05) is 109 Å². The predicted molar refractivity (Wildman–Crippen MR) is 167 cm³/mol. The van der Waals surface area contributed by atoms with Gasteiger partial charge in [0, 0.05) is 21.5 Å².